The van der Waals surface area contributed by atoms with Crippen LogP contribution in [0.1, 0.15) is 34.5 Å². The number of pyridine rings is 1. The van der Waals surface area contributed by atoms with Crippen molar-refractivity contribution < 1.29 is 13.6 Å². The first-order chi connectivity index (χ1) is 13.6. The summed E-state index contributed by atoms with van der Waals surface area (Å²) in [6.45, 7) is 2.26. The molecule has 2 aromatic rings. The number of carbonyl (C=O) groups excluding carboxylic acids is 1. The Kier molecular flexibility index (Phi) is 6.34. The molecule has 4 radical (unpaired) electrons. The van der Waals surface area contributed by atoms with E-state index in [4.69, 9.17) is 27.3 Å². The normalized spacial score (nSPS) is 16.6. The molecule has 1 aromatic carbocycles. The predicted octanol–water partition coefficient (Wildman–Crippen LogP) is 2.86. The number of aromatic nitrogens is 1. The number of amides is 1. The van der Waals surface area contributed by atoms with Crippen LogP contribution in [0.25, 0.3) is 0 Å². The van der Waals surface area contributed by atoms with Crippen molar-refractivity contribution in [2.45, 2.75) is 30.8 Å². The first kappa shape index (κ1) is 21.8. The van der Waals surface area contributed by atoms with Gasteiger partial charge in [0.2, 0.25) is 0 Å². The minimum Gasteiger partial charge on any atom is -0.338 e. The number of nitrogens with zero attached hydrogens (tertiary/aromatic N) is 2. The van der Waals surface area contributed by atoms with Gasteiger partial charge in [0.1, 0.15) is 11.5 Å². The summed E-state index contributed by atoms with van der Waals surface area (Å²) in [7, 11) is 12.1. The smallest absolute Gasteiger partial charge is 0.253 e. The average Bonchev–Trinajstić information content (AvgIpc) is 2.69. The van der Waals surface area contributed by atoms with Gasteiger partial charge in [0.15, 0.2) is 0 Å². The van der Waals surface area contributed by atoms with Crippen LogP contribution in [0.5, 0.6) is 0 Å². The maximum atomic E-state index is 15.2. The van der Waals surface area contributed by atoms with Gasteiger partial charge in [-0.25, -0.2) is 8.78 Å². The minimum atomic E-state index is -1.56. The average molecular weight is 413 g/mol. The largest absolute Gasteiger partial charge is 0.338 e. The zero-order valence-corrected chi connectivity index (χ0v) is 16.8. The Morgan fingerprint density at radius 1 is 1.31 bits per heavy atom. The molecule has 0 unspecified atom stereocenters. The highest BCUT2D eigenvalue weighted by atomic mass is 35.5. The second-order valence-corrected chi connectivity index (χ2v) is 7.92. The van der Waals surface area contributed by atoms with Crippen LogP contribution in [0.2, 0.25) is 5.02 Å². The summed E-state index contributed by atoms with van der Waals surface area (Å²) in [5.41, 5.74) is 0.0825. The molecule has 1 saturated heterocycles. The van der Waals surface area contributed by atoms with Crippen LogP contribution >= 0.6 is 11.6 Å². The Balaban J connectivity index is 1.58. The third kappa shape index (κ3) is 5.17. The van der Waals surface area contributed by atoms with Gasteiger partial charge in [-0.3, -0.25) is 9.78 Å². The summed E-state index contributed by atoms with van der Waals surface area (Å²) >= 11 is 5.74. The molecule has 1 N–H and O–H groups in total. The molecule has 3 rings (SSSR count). The number of benzene rings is 1. The molecule has 0 aliphatic carbocycles. The summed E-state index contributed by atoms with van der Waals surface area (Å²) in [5, 5.41) is 1.26. The Bertz CT molecular complexity index is 888. The van der Waals surface area contributed by atoms with Gasteiger partial charge in [0.25, 0.3) is 5.91 Å². The lowest BCUT2D eigenvalue weighted by Crippen LogP contribution is -2.54. The molecule has 1 aliphatic heterocycles. The molecule has 1 aliphatic rings. The van der Waals surface area contributed by atoms with Gasteiger partial charge >= 0.3 is 0 Å². The molecule has 1 fully saturated rings. The van der Waals surface area contributed by atoms with Crippen LogP contribution in [0.4, 0.5) is 8.78 Å². The second-order valence-electron chi connectivity index (χ2n) is 7.52. The van der Waals surface area contributed by atoms with E-state index in [1.54, 1.807) is 12.3 Å². The molecule has 0 atom stereocenters. The SMILES string of the molecule is [B]C([B])(NCC1(F)CCN(C(=O)c2ccc(F)c(Cl)c2)CC1)c1ccc(C)cn1. The fourth-order valence-electron chi connectivity index (χ4n) is 3.21. The number of likely N-dealkylation sites (tertiary alicyclic amines) is 1. The summed E-state index contributed by atoms with van der Waals surface area (Å²) in [5.74, 6) is -0.899. The third-order valence-electron chi connectivity index (χ3n) is 5.15. The summed E-state index contributed by atoms with van der Waals surface area (Å²) in [6.07, 6.45) is 1.89. The zero-order valence-electron chi connectivity index (χ0n) is 16.1. The van der Waals surface area contributed by atoms with Crippen LogP contribution < -0.4 is 5.32 Å². The molecule has 1 aromatic heterocycles. The first-order valence-corrected chi connectivity index (χ1v) is 9.67. The van der Waals surface area contributed by atoms with E-state index in [1.165, 1.54) is 17.0 Å². The highest BCUT2D eigenvalue weighted by Crippen LogP contribution is 2.28. The standard InChI is InChI=1S/C20H20B2ClF2N3O/c1-13-2-5-17(26-11-13)20(21,22)27-12-19(25)6-8-28(9-7-19)18(29)14-3-4-16(24)15(23)10-14/h2-5,10-11,27H,6-9,12H2,1H3. The van der Waals surface area contributed by atoms with Crippen LogP contribution in [-0.2, 0) is 5.34 Å². The van der Waals surface area contributed by atoms with Crippen molar-refractivity contribution in [3.05, 3.63) is 64.2 Å². The number of rotatable bonds is 5. The fourth-order valence-corrected chi connectivity index (χ4v) is 3.39. The number of alkyl halides is 1. The summed E-state index contributed by atoms with van der Waals surface area (Å²) in [4.78, 5) is 18.3. The fraction of sp³-hybridized carbons (Fsp3) is 0.400. The van der Waals surface area contributed by atoms with Crippen molar-refractivity contribution in [1.82, 2.24) is 15.2 Å². The van der Waals surface area contributed by atoms with E-state index in [-0.39, 0.29) is 49.0 Å². The minimum absolute atomic E-state index is 0.0695. The number of halogens is 3. The second kappa shape index (κ2) is 8.44. The quantitative estimate of drug-likeness (QED) is 0.767. The lowest BCUT2D eigenvalue weighted by atomic mass is 9.59. The van der Waals surface area contributed by atoms with E-state index < -0.39 is 16.8 Å². The lowest BCUT2D eigenvalue weighted by molar-refractivity contribution is 0.0427. The maximum absolute atomic E-state index is 15.2. The van der Waals surface area contributed by atoms with E-state index in [1.807, 2.05) is 13.0 Å². The predicted molar refractivity (Wildman–Crippen MR) is 111 cm³/mol. The van der Waals surface area contributed by atoms with Crippen molar-refractivity contribution in [2.24, 2.45) is 0 Å². The molecule has 4 nitrogen and oxygen atoms in total. The van der Waals surface area contributed by atoms with Crippen LogP contribution in [-0.4, -0.2) is 56.8 Å². The summed E-state index contributed by atoms with van der Waals surface area (Å²) in [6, 6.07) is 7.32. The van der Waals surface area contributed by atoms with E-state index >= 15 is 4.39 Å². The monoisotopic (exact) mass is 413 g/mol. The molecule has 0 saturated carbocycles. The molecule has 0 bridgehead atoms. The number of hydrogen-bond donors (Lipinski definition) is 1. The van der Waals surface area contributed by atoms with Gasteiger partial charge in [-0.2, -0.15) is 0 Å². The van der Waals surface area contributed by atoms with Crippen molar-refractivity contribution in [3.63, 3.8) is 0 Å². The van der Waals surface area contributed by atoms with E-state index in [2.05, 4.69) is 10.3 Å². The molecule has 1 amide bonds. The molecular formula is C20H20B2ClF2N3O. The number of aryl methyl sites for hydroxylation is 1. The van der Waals surface area contributed by atoms with E-state index in [0.29, 0.717) is 5.69 Å². The molecule has 148 valence electrons. The van der Waals surface area contributed by atoms with Crippen molar-refractivity contribution in [1.29, 1.82) is 0 Å². The van der Waals surface area contributed by atoms with Crippen LogP contribution in [0.15, 0.2) is 36.5 Å². The molecule has 2 heterocycles. The highest BCUT2D eigenvalue weighted by Gasteiger charge is 2.37. The number of nitrogens with one attached hydrogen (secondary N) is 1. The van der Waals surface area contributed by atoms with Gasteiger partial charge in [0.05, 0.1) is 20.7 Å². The molecule has 9 heteroatoms. The highest BCUT2D eigenvalue weighted by molar-refractivity contribution is 6.39. The van der Waals surface area contributed by atoms with Gasteiger partial charge in [-0.1, -0.05) is 17.7 Å². The van der Waals surface area contributed by atoms with Gasteiger partial charge in [0, 0.05) is 49.9 Å². The van der Waals surface area contributed by atoms with Gasteiger partial charge in [-0.05, 0) is 42.1 Å². The van der Waals surface area contributed by atoms with Gasteiger partial charge in [-0.15, -0.1) is 0 Å². The topological polar surface area (TPSA) is 45.2 Å². The number of hydrogen-bond acceptors (Lipinski definition) is 3. The Morgan fingerprint density at radius 2 is 2.00 bits per heavy atom. The molecular weight excluding hydrogens is 393 g/mol. The summed E-state index contributed by atoms with van der Waals surface area (Å²) < 4.78 is 28.5. The number of carbonyl (C=O) groups is 1. The molecule has 29 heavy (non-hydrogen) atoms. The maximum Gasteiger partial charge on any atom is 0.253 e. The van der Waals surface area contributed by atoms with Crippen LogP contribution in [0, 0.1) is 12.7 Å². The Hall–Kier alpha value is -1.92. The van der Waals surface area contributed by atoms with Crippen molar-refractivity contribution in [3.8, 4) is 0 Å². The number of piperidine rings is 1. The first-order valence-electron chi connectivity index (χ1n) is 9.29. The van der Waals surface area contributed by atoms with Crippen molar-refractivity contribution >= 4 is 33.2 Å². The van der Waals surface area contributed by atoms with Gasteiger partial charge < -0.3 is 10.2 Å². The van der Waals surface area contributed by atoms with Crippen molar-refractivity contribution in [2.75, 3.05) is 19.6 Å². The third-order valence-corrected chi connectivity index (χ3v) is 5.44. The molecule has 0 spiro atoms. The Morgan fingerprint density at radius 3 is 2.59 bits per heavy atom. The zero-order chi connectivity index (χ0) is 21.2. The van der Waals surface area contributed by atoms with E-state index in [9.17, 15) is 9.18 Å². The van der Waals surface area contributed by atoms with Crippen LogP contribution in [0.3, 0.4) is 0 Å². The lowest BCUT2D eigenvalue weighted by Gasteiger charge is -2.39. The Labute approximate surface area is 176 Å². The van der Waals surface area contributed by atoms with E-state index in [0.717, 1.165) is 11.6 Å².